The number of hydrogen-bond donors (Lipinski definition) is 0. The van der Waals surface area contributed by atoms with Crippen LogP contribution in [0.4, 0.5) is 0 Å². The van der Waals surface area contributed by atoms with Crippen LogP contribution in [0.15, 0.2) is 158 Å². The number of nitrogens with zero attached hydrogens (tertiary/aromatic N) is 5. The molecule has 4 aromatic heterocycles. The van der Waals surface area contributed by atoms with Crippen molar-refractivity contribution >= 4 is 43.6 Å². The molecule has 54 heavy (non-hydrogen) atoms. The fourth-order valence-corrected chi connectivity index (χ4v) is 8.52. The molecule has 0 unspecified atom stereocenters. The van der Waals surface area contributed by atoms with Gasteiger partial charge in [-0.2, -0.15) is 5.10 Å². The Hall–Kier alpha value is -6.92. The van der Waals surface area contributed by atoms with Crippen LogP contribution in [-0.2, 0) is 5.41 Å². The molecular weight excluding hydrogens is 663 g/mol. The summed E-state index contributed by atoms with van der Waals surface area (Å²) < 4.78 is 13.3. The molecule has 6 heteroatoms. The Morgan fingerprint density at radius 3 is 2.22 bits per heavy atom. The lowest BCUT2D eigenvalue weighted by Crippen LogP contribution is -2.12. The molecule has 6 nitrogen and oxygen atoms in total. The van der Waals surface area contributed by atoms with Gasteiger partial charge in [0.1, 0.15) is 17.3 Å². The summed E-state index contributed by atoms with van der Waals surface area (Å²) in [6.45, 7) is 6.74. The number of ether oxygens (including phenoxy) is 1. The zero-order valence-corrected chi connectivity index (χ0v) is 30.2. The molecule has 0 N–H and O–H groups in total. The number of pyridine rings is 1. The summed E-state index contributed by atoms with van der Waals surface area (Å²) in [5.74, 6) is 2.36. The standard InChI is InChI=1S/C48H35N5O/c1-48(2,3)30-23-25-49-44(27-30)52-41-21-22-42-45(36-15-5-4-13-34(36)37-16-9-17-38-35-14-6-7-18-40(35)53(42)47(37)38)46(41)39-20-19-33(29-43(39)52)54-32-12-8-11-31(28-32)51-26-10-24-50-51/h4-29H,1-3H3. The average molecular weight is 698 g/mol. The maximum Gasteiger partial charge on any atom is 0.137 e. The van der Waals surface area contributed by atoms with E-state index in [0.717, 1.165) is 45.1 Å². The monoisotopic (exact) mass is 697 g/mol. The molecule has 0 saturated heterocycles. The van der Waals surface area contributed by atoms with Crippen LogP contribution in [0, 0.1) is 0 Å². The van der Waals surface area contributed by atoms with E-state index in [0.29, 0.717) is 0 Å². The highest BCUT2D eigenvalue weighted by Gasteiger charge is 2.28. The van der Waals surface area contributed by atoms with Gasteiger partial charge in [-0.15, -0.1) is 0 Å². The zero-order valence-electron chi connectivity index (χ0n) is 30.2. The Kier molecular flexibility index (Phi) is 6.41. The second-order valence-electron chi connectivity index (χ2n) is 15.2. The fraction of sp³-hybridized carbons (Fsp3) is 0.0833. The first-order valence-electron chi connectivity index (χ1n) is 18.4. The normalized spacial score (nSPS) is 12.4. The van der Waals surface area contributed by atoms with Crippen molar-refractivity contribution in [1.82, 2.24) is 23.9 Å². The van der Waals surface area contributed by atoms with Crippen LogP contribution in [0.2, 0.25) is 0 Å². The third-order valence-electron chi connectivity index (χ3n) is 11.0. The molecule has 6 aromatic carbocycles. The van der Waals surface area contributed by atoms with Gasteiger partial charge in [-0.1, -0.05) is 87.5 Å². The number of hydrogen-bond acceptors (Lipinski definition) is 3. The van der Waals surface area contributed by atoms with Gasteiger partial charge < -0.3 is 9.30 Å². The van der Waals surface area contributed by atoms with E-state index in [9.17, 15) is 0 Å². The Balaban J connectivity index is 1.23. The Bertz CT molecular complexity index is 3120. The van der Waals surface area contributed by atoms with Crippen molar-refractivity contribution in [3.05, 3.63) is 164 Å². The molecule has 0 bridgehead atoms. The van der Waals surface area contributed by atoms with Crippen molar-refractivity contribution in [3.63, 3.8) is 0 Å². The summed E-state index contributed by atoms with van der Waals surface area (Å²) in [5, 5.41) is 9.25. The average Bonchev–Trinajstić information content (AvgIpc) is 3.91. The van der Waals surface area contributed by atoms with Gasteiger partial charge in [-0.3, -0.25) is 4.57 Å². The molecule has 1 aliphatic rings. The van der Waals surface area contributed by atoms with Gasteiger partial charge in [0.05, 0.1) is 33.4 Å². The number of fused-ring (bicyclic) bond motifs is 12. The first-order chi connectivity index (χ1) is 26.4. The van der Waals surface area contributed by atoms with Gasteiger partial charge in [-0.05, 0) is 82.8 Å². The highest BCUT2D eigenvalue weighted by molar-refractivity contribution is 6.22. The van der Waals surface area contributed by atoms with Crippen molar-refractivity contribution < 1.29 is 4.74 Å². The molecule has 0 aliphatic carbocycles. The second kappa shape index (κ2) is 11.3. The SMILES string of the molecule is CC(C)(C)c1ccnc(-n2c3cc(Oc4cccc(-n5cccn5)c4)ccc3c3c4c(ccc32)-n2c3ccccc3c3cccc(c32)-c2ccccc2-4)c1. The van der Waals surface area contributed by atoms with Crippen LogP contribution in [0.3, 0.4) is 0 Å². The minimum Gasteiger partial charge on any atom is -0.457 e. The summed E-state index contributed by atoms with van der Waals surface area (Å²) >= 11 is 0. The number of benzene rings is 6. The van der Waals surface area contributed by atoms with Gasteiger partial charge in [0, 0.05) is 63.4 Å². The predicted octanol–water partition coefficient (Wildman–Crippen LogP) is 12.2. The van der Waals surface area contributed by atoms with Crippen molar-refractivity contribution in [2.24, 2.45) is 0 Å². The predicted molar refractivity (Wildman–Crippen MR) is 220 cm³/mol. The lowest BCUT2D eigenvalue weighted by molar-refractivity contribution is 0.483. The van der Waals surface area contributed by atoms with E-state index in [-0.39, 0.29) is 5.41 Å². The molecule has 0 saturated carbocycles. The maximum absolute atomic E-state index is 6.62. The van der Waals surface area contributed by atoms with E-state index in [1.54, 1.807) is 6.20 Å². The molecule has 5 heterocycles. The number of rotatable bonds is 4. The van der Waals surface area contributed by atoms with Crippen LogP contribution in [-0.4, -0.2) is 23.9 Å². The van der Waals surface area contributed by atoms with Crippen LogP contribution in [0.1, 0.15) is 26.3 Å². The lowest BCUT2D eigenvalue weighted by atomic mass is 9.88. The molecular formula is C48H35N5O. The van der Waals surface area contributed by atoms with E-state index in [2.05, 4.69) is 144 Å². The molecule has 0 fully saturated rings. The summed E-state index contributed by atoms with van der Waals surface area (Å²) in [7, 11) is 0. The summed E-state index contributed by atoms with van der Waals surface area (Å²) in [6.07, 6.45) is 5.65. The maximum atomic E-state index is 6.62. The van der Waals surface area contributed by atoms with E-state index in [1.165, 1.54) is 55.0 Å². The zero-order chi connectivity index (χ0) is 36.1. The van der Waals surface area contributed by atoms with E-state index < -0.39 is 0 Å². The van der Waals surface area contributed by atoms with Gasteiger partial charge in [0.15, 0.2) is 0 Å². The van der Waals surface area contributed by atoms with Gasteiger partial charge in [-0.25, -0.2) is 9.67 Å². The van der Waals surface area contributed by atoms with Crippen LogP contribution >= 0.6 is 0 Å². The van der Waals surface area contributed by atoms with E-state index in [4.69, 9.17) is 9.72 Å². The molecule has 11 rings (SSSR count). The quantitative estimate of drug-likeness (QED) is 0.184. The number of para-hydroxylation sites is 2. The smallest absolute Gasteiger partial charge is 0.137 e. The number of aromatic nitrogens is 5. The topological polar surface area (TPSA) is 49.8 Å². The van der Waals surface area contributed by atoms with Crippen molar-refractivity contribution in [1.29, 1.82) is 0 Å². The molecule has 10 aromatic rings. The Labute approximate surface area is 312 Å². The first kappa shape index (κ1) is 30.7. The highest BCUT2D eigenvalue weighted by atomic mass is 16.5. The van der Waals surface area contributed by atoms with Crippen LogP contribution in [0.5, 0.6) is 11.5 Å². The van der Waals surface area contributed by atoms with Crippen LogP contribution < -0.4 is 4.74 Å². The molecule has 0 atom stereocenters. The summed E-state index contributed by atoms with van der Waals surface area (Å²) in [6, 6.07) is 49.8. The fourth-order valence-electron chi connectivity index (χ4n) is 8.52. The highest BCUT2D eigenvalue weighted by Crippen LogP contribution is 2.51. The second-order valence-corrected chi connectivity index (χ2v) is 15.2. The minimum atomic E-state index is -0.0486. The third-order valence-corrected chi connectivity index (χ3v) is 11.0. The van der Waals surface area contributed by atoms with Crippen LogP contribution in [0.25, 0.3) is 83.1 Å². The van der Waals surface area contributed by atoms with Gasteiger partial charge >= 0.3 is 0 Å². The van der Waals surface area contributed by atoms with Gasteiger partial charge in [0.2, 0.25) is 0 Å². The molecule has 0 radical (unpaired) electrons. The summed E-state index contributed by atoms with van der Waals surface area (Å²) in [4.78, 5) is 5.03. The first-order valence-corrected chi connectivity index (χ1v) is 18.4. The molecule has 1 aliphatic heterocycles. The molecule has 258 valence electrons. The van der Waals surface area contributed by atoms with E-state index >= 15 is 0 Å². The molecule has 0 spiro atoms. The Morgan fingerprint density at radius 2 is 1.35 bits per heavy atom. The summed E-state index contributed by atoms with van der Waals surface area (Å²) in [5.41, 5.74) is 12.7. The van der Waals surface area contributed by atoms with E-state index in [1.807, 2.05) is 47.4 Å². The Morgan fingerprint density at radius 1 is 0.556 bits per heavy atom. The van der Waals surface area contributed by atoms with Crippen molar-refractivity contribution in [2.75, 3.05) is 0 Å². The van der Waals surface area contributed by atoms with Crippen molar-refractivity contribution in [3.8, 4) is 50.9 Å². The molecule has 0 amide bonds. The van der Waals surface area contributed by atoms with Gasteiger partial charge in [0.25, 0.3) is 0 Å². The van der Waals surface area contributed by atoms with Crippen molar-refractivity contribution in [2.45, 2.75) is 26.2 Å². The largest absolute Gasteiger partial charge is 0.457 e. The third kappa shape index (κ3) is 4.46. The lowest BCUT2D eigenvalue weighted by Gasteiger charge is -2.20. The minimum absolute atomic E-state index is 0.0486.